The first kappa shape index (κ1) is 27.6. The SMILES string of the molecule is CCN(CC)c1ncc(CC(C)C)c(N[C@@H](Cc2ccc(-c3c(OC)ncn(C)c3=O)cc2)C(=O)O)n1. The number of nitrogens with one attached hydrogen (secondary N) is 1. The van der Waals surface area contributed by atoms with Crippen LogP contribution in [0.5, 0.6) is 5.88 Å². The maximum Gasteiger partial charge on any atom is 0.326 e. The average Bonchev–Trinajstić information content (AvgIpc) is 2.87. The van der Waals surface area contributed by atoms with Gasteiger partial charge < -0.3 is 24.6 Å². The van der Waals surface area contributed by atoms with Crippen molar-refractivity contribution >= 4 is 17.7 Å². The van der Waals surface area contributed by atoms with Crippen molar-refractivity contribution in [2.75, 3.05) is 30.4 Å². The summed E-state index contributed by atoms with van der Waals surface area (Å²) in [6.45, 7) is 9.76. The first-order valence-corrected chi connectivity index (χ1v) is 12.5. The van der Waals surface area contributed by atoms with Gasteiger partial charge in [0.15, 0.2) is 0 Å². The lowest BCUT2D eigenvalue weighted by Crippen LogP contribution is -2.33. The van der Waals surface area contributed by atoms with Gasteiger partial charge in [0.2, 0.25) is 11.8 Å². The number of aliphatic carboxylic acids is 1. The van der Waals surface area contributed by atoms with E-state index in [4.69, 9.17) is 9.72 Å². The quantitative estimate of drug-likeness (QED) is 0.379. The third-order valence-electron chi connectivity index (χ3n) is 6.11. The Morgan fingerprint density at radius 1 is 1.14 bits per heavy atom. The van der Waals surface area contributed by atoms with Crippen molar-refractivity contribution in [1.29, 1.82) is 0 Å². The number of aryl methyl sites for hydroxylation is 1. The monoisotopic (exact) mass is 508 g/mol. The third-order valence-corrected chi connectivity index (χ3v) is 6.11. The van der Waals surface area contributed by atoms with Gasteiger partial charge in [-0.1, -0.05) is 38.1 Å². The Kier molecular flexibility index (Phi) is 9.21. The van der Waals surface area contributed by atoms with Crippen molar-refractivity contribution in [2.24, 2.45) is 13.0 Å². The molecule has 0 aliphatic heterocycles. The summed E-state index contributed by atoms with van der Waals surface area (Å²) in [4.78, 5) is 40.3. The molecule has 2 N–H and O–H groups in total. The van der Waals surface area contributed by atoms with Gasteiger partial charge in [0.05, 0.1) is 7.11 Å². The maximum absolute atomic E-state index is 12.7. The van der Waals surface area contributed by atoms with E-state index < -0.39 is 12.0 Å². The second kappa shape index (κ2) is 12.3. The minimum atomic E-state index is -0.981. The van der Waals surface area contributed by atoms with E-state index in [0.29, 0.717) is 28.8 Å². The van der Waals surface area contributed by atoms with Crippen LogP contribution in [0.2, 0.25) is 0 Å². The molecule has 10 nitrogen and oxygen atoms in total. The number of aromatic nitrogens is 4. The smallest absolute Gasteiger partial charge is 0.326 e. The van der Waals surface area contributed by atoms with Crippen molar-refractivity contribution < 1.29 is 14.6 Å². The number of nitrogens with zero attached hydrogens (tertiary/aromatic N) is 5. The number of carboxylic acids is 1. The standard InChI is InChI=1S/C27H36N6O4/c1-7-33(8-2)27-28-15-20(13-17(3)4)23(31-27)30-21(26(35)36)14-18-9-11-19(12-10-18)22-24(37-6)29-16-32(5)25(22)34/h9-12,15-17,21H,7-8,13-14H2,1-6H3,(H,35,36)(H,28,30,31)/t21-/m0/s1. The van der Waals surface area contributed by atoms with Crippen LogP contribution in [0.4, 0.5) is 11.8 Å². The van der Waals surface area contributed by atoms with Gasteiger partial charge in [-0.15, -0.1) is 0 Å². The molecule has 0 bridgehead atoms. The molecule has 3 rings (SSSR count). The van der Waals surface area contributed by atoms with Crippen LogP contribution in [0, 0.1) is 5.92 Å². The van der Waals surface area contributed by atoms with Crippen LogP contribution >= 0.6 is 0 Å². The van der Waals surface area contributed by atoms with E-state index in [0.717, 1.165) is 30.6 Å². The Morgan fingerprint density at radius 2 is 1.81 bits per heavy atom. The third kappa shape index (κ3) is 6.63. The number of ether oxygens (including phenoxy) is 1. The molecule has 198 valence electrons. The lowest BCUT2D eigenvalue weighted by atomic mass is 10.0. The highest BCUT2D eigenvalue weighted by Crippen LogP contribution is 2.25. The van der Waals surface area contributed by atoms with Crippen molar-refractivity contribution in [3.8, 4) is 17.0 Å². The molecular formula is C27H36N6O4. The largest absolute Gasteiger partial charge is 0.480 e. The van der Waals surface area contributed by atoms with Crippen LogP contribution in [-0.2, 0) is 24.7 Å². The lowest BCUT2D eigenvalue weighted by molar-refractivity contribution is -0.137. The zero-order valence-electron chi connectivity index (χ0n) is 22.4. The average molecular weight is 509 g/mol. The summed E-state index contributed by atoms with van der Waals surface area (Å²) in [5.41, 5.74) is 2.46. The Morgan fingerprint density at radius 3 is 2.38 bits per heavy atom. The summed E-state index contributed by atoms with van der Waals surface area (Å²) >= 11 is 0. The fraction of sp³-hybridized carbons (Fsp3) is 0.444. The molecule has 0 radical (unpaired) electrons. The summed E-state index contributed by atoms with van der Waals surface area (Å²) in [5.74, 6) is 0.729. The Balaban J connectivity index is 1.89. The fourth-order valence-electron chi connectivity index (χ4n) is 4.10. The van der Waals surface area contributed by atoms with Crippen molar-refractivity contribution in [1.82, 2.24) is 19.5 Å². The Labute approximate surface area is 217 Å². The van der Waals surface area contributed by atoms with E-state index in [2.05, 4.69) is 29.1 Å². The van der Waals surface area contributed by atoms with Gasteiger partial charge in [0, 0.05) is 38.3 Å². The van der Waals surface area contributed by atoms with Gasteiger partial charge in [-0.2, -0.15) is 4.98 Å². The van der Waals surface area contributed by atoms with Crippen LogP contribution in [0.25, 0.3) is 11.1 Å². The van der Waals surface area contributed by atoms with Crippen LogP contribution < -0.4 is 20.5 Å². The van der Waals surface area contributed by atoms with Crippen LogP contribution in [0.15, 0.2) is 41.6 Å². The van der Waals surface area contributed by atoms with Crippen LogP contribution in [-0.4, -0.2) is 56.8 Å². The second-order valence-electron chi connectivity index (χ2n) is 9.30. The number of benzene rings is 1. The Hall–Kier alpha value is -3.95. The van der Waals surface area contributed by atoms with Gasteiger partial charge in [-0.25, -0.2) is 14.8 Å². The minimum Gasteiger partial charge on any atom is -0.480 e. The van der Waals surface area contributed by atoms with Gasteiger partial charge in [0.1, 0.15) is 23.8 Å². The molecular weight excluding hydrogens is 472 g/mol. The molecule has 3 aromatic rings. The number of methoxy groups -OCH3 is 1. The first-order valence-electron chi connectivity index (χ1n) is 12.5. The summed E-state index contributed by atoms with van der Waals surface area (Å²) in [6, 6.07) is 6.28. The van der Waals surface area contributed by atoms with Gasteiger partial charge in [-0.3, -0.25) is 4.79 Å². The molecule has 0 amide bonds. The molecule has 1 aromatic carbocycles. The van der Waals surface area contributed by atoms with Crippen molar-refractivity contribution in [3.05, 3.63) is 58.3 Å². The van der Waals surface area contributed by atoms with E-state index in [-0.39, 0.29) is 17.9 Å². The van der Waals surface area contributed by atoms with Gasteiger partial charge in [-0.05, 0) is 37.3 Å². The number of carbonyl (C=O) groups is 1. The molecule has 1 atom stereocenters. The van der Waals surface area contributed by atoms with Crippen molar-refractivity contribution in [2.45, 2.75) is 46.6 Å². The minimum absolute atomic E-state index is 0.226. The molecule has 0 saturated carbocycles. The second-order valence-corrected chi connectivity index (χ2v) is 9.30. The Bertz CT molecular complexity index is 1270. The topological polar surface area (TPSA) is 122 Å². The zero-order chi connectivity index (χ0) is 27.1. The summed E-state index contributed by atoms with van der Waals surface area (Å²) < 4.78 is 6.67. The summed E-state index contributed by atoms with van der Waals surface area (Å²) in [6.07, 6.45) is 4.15. The predicted octanol–water partition coefficient (Wildman–Crippen LogP) is 3.40. The van der Waals surface area contributed by atoms with E-state index in [1.165, 1.54) is 18.0 Å². The van der Waals surface area contributed by atoms with Crippen LogP contribution in [0.1, 0.15) is 38.8 Å². The molecule has 0 aliphatic carbocycles. The normalized spacial score (nSPS) is 11.9. The highest BCUT2D eigenvalue weighted by atomic mass is 16.5. The number of hydrogen-bond donors (Lipinski definition) is 2. The van der Waals surface area contributed by atoms with E-state index in [1.54, 1.807) is 25.4 Å². The number of carboxylic acid groups (broad SMARTS) is 1. The molecule has 2 aromatic heterocycles. The van der Waals surface area contributed by atoms with E-state index in [1.807, 2.05) is 30.9 Å². The fourth-order valence-corrected chi connectivity index (χ4v) is 4.10. The molecule has 0 spiro atoms. The van der Waals surface area contributed by atoms with Crippen molar-refractivity contribution in [3.63, 3.8) is 0 Å². The molecule has 0 saturated heterocycles. The molecule has 37 heavy (non-hydrogen) atoms. The highest BCUT2D eigenvalue weighted by Gasteiger charge is 2.22. The molecule has 0 aliphatic rings. The van der Waals surface area contributed by atoms with E-state index >= 15 is 0 Å². The van der Waals surface area contributed by atoms with Gasteiger partial charge >= 0.3 is 5.97 Å². The first-order chi connectivity index (χ1) is 17.7. The maximum atomic E-state index is 12.7. The summed E-state index contributed by atoms with van der Waals surface area (Å²) in [7, 11) is 3.09. The number of anilines is 2. The number of hydrogen-bond acceptors (Lipinski definition) is 8. The summed E-state index contributed by atoms with van der Waals surface area (Å²) in [5, 5.41) is 13.2. The molecule has 0 fully saturated rings. The molecule has 0 unspecified atom stereocenters. The molecule has 10 heteroatoms. The molecule has 2 heterocycles. The lowest BCUT2D eigenvalue weighted by Gasteiger charge is -2.23. The highest BCUT2D eigenvalue weighted by molar-refractivity contribution is 5.78. The number of rotatable bonds is 12. The predicted molar refractivity (Wildman–Crippen MR) is 144 cm³/mol. The van der Waals surface area contributed by atoms with Crippen LogP contribution in [0.3, 0.4) is 0 Å². The van der Waals surface area contributed by atoms with Gasteiger partial charge in [0.25, 0.3) is 5.56 Å². The zero-order valence-corrected chi connectivity index (χ0v) is 22.4. The van der Waals surface area contributed by atoms with E-state index in [9.17, 15) is 14.7 Å².